The molecular weight excluding hydrogens is 695 g/mol. The van der Waals surface area contributed by atoms with E-state index in [9.17, 15) is 0 Å². The molecule has 0 unspecified atom stereocenters. The third-order valence-corrected chi connectivity index (χ3v) is 12.0. The number of aromatic nitrogens is 5. The fourth-order valence-electron chi connectivity index (χ4n) is 9.54. The molecule has 1 N–H and O–H groups in total. The maximum atomic E-state index is 5.53. The second kappa shape index (κ2) is 11.4. The van der Waals surface area contributed by atoms with Gasteiger partial charge in [-0.3, -0.25) is 4.57 Å². The molecule has 8 aromatic carbocycles. The fourth-order valence-corrected chi connectivity index (χ4v) is 9.54. The molecule has 0 radical (unpaired) electrons. The van der Waals surface area contributed by atoms with Crippen LogP contribution < -0.4 is 0 Å². The highest BCUT2D eigenvalue weighted by molar-refractivity contribution is 6.21. The smallest absolute Gasteiger partial charge is 0.166 e. The molecule has 13 rings (SSSR count). The van der Waals surface area contributed by atoms with Crippen LogP contribution in [0.25, 0.3) is 122 Å². The lowest BCUT2D eigenvalue weighted by atomic mass is 9.99. The number of hydrogen-bond donors (Lipinski definition) is 1. The molecule has 57 heavy (non-hydrogen) atoms. The summed E-state index contributed by atoms with van der Waals surface area (Å²) in [6.45, 7) is 0. The zero-order valence-corrected chi connectivity index (χ0v) is 30.6. The Bertz CT molecular complexity index is 3620. The third-order valence-electron chi connectivity index (χ3n) is 12.0. The van der Waals surface area contributed by atoms with E-state index in [1.807, 2.05) is 6.07 Å². The van der Waals surface area contributed by atoms with E-state index in [2.05, 4.69) is 190 Å². The Hall–Kier alpha value is -7.76. The van der Waals surface area contributed by atoms with Gasteiger partial charge in [-0.1, -0.05) is 146 Å². The van der Waals surface area contributed by atoms with Crippen LogP contribution in [0.1, 0.15) is 0 Å². The van der Waals surface area contributed by atoms with E-state index in [0.717, 1.165) is 66.7 Å². The van der Waals surface area contributed by atoms with Crippen molar-refractivity contribution < 1.29 is 0 Å². The summed E-state index contributed by atoms with van der Waals surface area (Å²) in [6.07, 6.45) is 0. The Labute approximate surface area is 326 Å². The SMILES string of the molecule is c1ccc(-c2nc(-n3c4ccccc4c4ccc(-c5ccc6c7c([nH]c6c5)-c5cccc6cccc-7c56)cc43)c3c(n2)c2ccccc2n3-c2ccccc2)cc1. The molecule has 1 aliphatic carbocycles. The van der Waals surface area contributed by atoms with Crippen molar-refractivity contribution >= 4 is 65.4 Å². The van der Waals surface area contributed by atoms with E-state index >= 15 is 0 Å². The first-order valence-electron chi connectivity index (χ1n) is 19.4. The summed E-state index contributed by atoms with van der Waals surface area (Å²) in [5.41, 5.74) is 15.7. The predicted molar refractivity (Wildman–Crippen MR) is 235 cm³/mol. The van der Waals surface area contributed by atoms with Gasteiger partial charge in [0.2, 0.25) is 0 Å². The van der Waals surface area contributed by atoms with Gasteiger partial charge in [-0.2, -0.15) is 0 Å². The van der Waals surface area contributed by atoms with Crippen LogP contribution in [0, 0.1) is 0 Å². The summed E-state index contributed by atoms with van der Waals surface area (Å²) >= 11 is 0. The fraction of sp³-hybridized carbons (Fsp3) is 0. The van der Waals surface area contributed by atoms with Gasteiger partial charge in [0.1, 0.15) is 11.0 Å². The first-order chi connectivity index (χ1) is 28.3. The van der Waals surface area contributed by atoms with Crippen molar-refractivity contribution in [1.29, 1.82) is 0 Å². The van der Waals surface area contributed by atoms with Gasteiger partial charge in [0, 0.05) is 49.4 Å². The van der Waals surface area contributed by atoms with Crippen LogP contribution in [0.5, 0.6) is 0 Å². The molecule has 0 saturated heterocycles. The van der Waals surface area contributed by atoms with Gasteiger partial charge in [-0.25, -0.2) is 9.97 Å². The van der Waals surface area contributed by atoms with Crippen molar-refractivity contribution in [2.75, 3.05) is 0 Å². The molecule has 4 heterocycles. The maximum absolute atomic E-state index is 5.53. The summed E-state index contributed by atoms with van der Waals surface area (Å²) in [5, 5.41) is 7.31. The van der Waals surface area contributed by atoms with Crippen LogP contribution in [-0.2, 0) is 0 Å². The van der Waals surface area contributed by atoms with Crippen molar-refractivity contribution in [3.8, 4) is 56.4 Å². The quantitative estimate of drug-likeness (QED) is 0.196. The number of rotatable bonds is 4. The molecule has 0 bridgehead atoms. The molecule has 0 aliphatic heterocycles. The van der Waals surface area contributed by atoms with Crippen LogP contribution >= 0.6 is 0 Å². The van der Waals surface area contributed by atoms with Crippen LogP contribution in [0.4, 0.5) is 0 Å². The largest absolute Gasteiger partial charge is 0.354 e. The number of benzene rings is 8. The summed E-state index contributed by atoms with van der Waals surface area (Å²) in [7, 11) is 0. The summed E-state index contributed by atoms with van der Waals surface area (Å²) in [6, 6.07) is 65.2. The van der Waals surface area contributed by atoms with Gasteiger partial charge in [0.05, 0.1) is 22.2 Å². The lowest BCUT2D eigenvalue weighted by Gasteiger charge is -2.15. The van der Waals surface area contributed by atoms with Crippen LogP contribution in [0.15, 0.2) is 182 Å². The summed E-state index contributed by atoms with van der Waals surface area (Å²) in [5.74, 6) is 1.53. The summed E-state index contributed by atoms with van der Waals surface area (Å²) < 4.78 is 4.69. The number of hydrogen-bond acceptors (Lipinski definition) is 2. The molecule has 0 atom stereocenters. The van der Waals surface area contributed by atoms with Crippen molar-refractivity contribution in [3.63, 3.8) is 0 Å². The number of fused-ring (bicyclic) bond motifs is 11. The van der Waals surface area contributed by atoms with Gasteiger partial charge in [0.25, 0.3) is 0 Å². The standard InChI is InChI=1S/C52H31N5/c1-3-13-32(14-4-1)51-54-49-39-20-8-10-24-44(39)56(35-17-5-2-6-18-35)50(49)52(55-51)57-43-23-9-7-19-36(43)37-27-25-34(30-45(37)57)33-26-28-38-42(29-33)53-48-41-22-12-16-31-15-11-21-40(46(31)41)47(38)48/h1-30,53H. The molecule has 5 nitrogen and oxygen atoms in total. The number of para-hydroxylation sites is 3. The minimum absolute atomic E-state index is 0.693. The third kappa shape index (κ3) is 4.23. The highest BCUT2D eigenvalue weighted by atomic mass is 15.1. The van der Waals surface area contributed by atoms with Gasteiger partial charge < -0.3 is 9.55 Å². The highest BCUT2D eigenvalue weighted by Gasteiger charge is 2.27. The lowest BCUT2D eigenvalue weighted by Crippen LogP contribution is -2.05. The van der Waals surface area contributed by atoms with Gasteiger partial charge in [-0.05, 0) is 63.9 Å². The average Bonchev–Trinajstić information content (AvgIpc) is 4.01. The number of nitrogens with one attached hydrogen (secondary N) is 1. The van der Waals surface area contributed by atoms with Crippen LogP contribution in [-0.4, -0.2) is 24.1 Å². The molecule has 0 fully saturated rings. The Morgan fingerprint density at radius 3 is 1.89 bits per heavy atom. The first kappa shape index (κ1) is 30.6. The minimum Gasteiger partial charge on any atom is -0.354 e. The Balaban J connectivity index is 1.09. The van der Waals surface area contributed by atoms with E-state index in [4.69, 9.17) is 9.97 Å². The van der Waals surface area contributed by atoms with Crippen LogP contribution in [0.3, 0.4) is 0 Å². The molecule has 5 heteroatoms. The van der Waals surface area contributed by atoms with Crippen molar-refractivity contribution in [2.24, 2.45) is 0 Å². The number of aromatic amines is 1. The molecule has 0 spiro atoms. The Kier molecular flexibility index (Phi) is 6.10. The molecule has 12 aromatic rings. The minimum atomic E-state index is 0.693. The van der Waals surface area contributed by atoms with Crippen molar-refractivity contribution in [2.45, 2.75) is 0 Å². The molecule has 0 amide bonds. The predicted octanol–water partition coefficient (Wildman–Crippen LogP) is 13.3. The number of nitrogens with zero attached hydrogens (tertiary/aromatic N) is 4. The molecular formula is C52H31N5. The van der Waals surface area contributed by atoms with Gasteiger partial charge >= 0.3 is 0 Å². The zero-order valence-electron chi connectivity index (χ0n) is 30.6. The molecule has 4 aromatic heterocycles. The molecule has 1 aliphatic rings. The monoisotopic (exact) mass is 725 g/mol. The highest BCUT2D eigenvalue weighted by Crippen LogP contribution is 2.50. The normalized spacial score (nSPS) is 12.2. The van der Waals surface area contributed by atoms with Crippen molar-refractivity contribution in [1.82, 2.24) is 24.1 Å². The average molecular weight is 726 g/mol. The van der Waals surface area contributed by atoms with E-state index in [1.54, 1.807) is 0 Å². The van der Waals surface area contributed by atoms with E-state index in [1.165, 1.54) is 49.3 Å². The van der Waals surface area contributed by atoms with Gasteiger partial charge in [-0.15, -0.1) is 0 Å². The van der Waals surface area contributed by atoms with E-state index in [-0.39, 0.29) is 0 Å². The lowest BCUT2D eigenvalue weighted by molar-refractivity contribution is 1.05. The zero-order chi connectivity index (χ0) is 37.2. The van der Waals surface area contributed by atoms with Crippen LogP contribution in [0.2, 0.25) is 0 Å². The Morgan fingerprint density at radius 1 is 0.439 bits per heavy atom. The topological polar surface area (TPSA) is 51.4 Å². The Morgan fingerprint density at radius 2 is 1.09 bits per heavy atom. The maximum Gasteiger partial charge on any atom is 0.166 e. The van der Waals surface area contributed by atoms with E-state index in [0.29, 0.717) is 5.82 Å². The summed E-state index contributed by atoms with van der Waals surface area (Å²) in [4.78, 5) is 14.7. The second-order valence-electron chi connectivity index (χ2n) is 15.1. The number of H-pyrrole nitrogens is 1. The first-order valence-corrected chi connectivity index (χ1v) is 19.4. The molecule has 0 saturated carbocycles. The van der Waals surface area contributed by atoms with Crippen molar-refractivity contribution in [3.05, 3.63) is 182 Å². The van der Waals surface area contributed by atoms with Gasteiger partial charge in [0.15, 0.2) is 11.6 Å². The second-order valence-corrected chi connectivity index (χ2v) is 15.1. The van der Waals surface area contributed by atoms with E-state index < -0.39 is 0 Å². The molecule has 264 valence electrons.